The predicted octanol–water partition coefficient (Wildman–Crippen LogP) is 2.58. The largest absolute Gasteiger partial charge is 0.313 e. The number of benzene rings is 1. The molecule has 0 aliphatic carbocycles. The second-order valence-corrected chi connectivity index (χ2v) is 4.13. The van der Waals surface area contributed by atoms with E-state index >= 15 is 0 Å². The highest BCUT2D eigenvalue weighted by Crippen LogP contribution is 2.23. The third-order valence-corrected chi connectivity index (χ3v) is 3.19. The molecule has 4 rings (SSSR count). The Morgan fingerprint density at radius 1 is 1.06 bits per heavy atom. The highest BCUT2D eigenvalue weighted by atomic mass is 15.2. The van der Waals surface area contributed by atoms with Gasteiger partial charge in [0.1, 0.15) is 5.52 Å². The molecule has 0 spiro atoms. The number of aryl methyl sites for hydroxylation is 1. The molecule has 0 atom stereocenters. The third-order valence-electron chi connectivity index (χ3n) is 3.19. The summed E-state index contributed by atoms with van der Waals surface area (Å²) in [5, 5.41) is 0. The molecule has 0 radical (unpaired) electrons. The van der Waals surface area contributed by atoms with Gasteiger partial charge in [-0.05, 0) is 30.3 Å². The van der Waals surface area contributed by atoms with Gasteiger partial charge in [-0.3, -0.25) is 4.40 Å². The topological polar surface area (TPSA) is 22.2 Å². The highest BCUT2D eigenvalue weighted by Gasteiger charge is 2.12. The minimum Gasteiger partial charge on any atom is -0.313 e. The van der Waals surface area contributed by atoms with Crippen molar-refractivity contribution in [3.8, 4) is 0 Å². The smallest absolute Gasteiger partial charge is 0.216 e. The maximum atomic E-state index is 4.59. The average molecular weight is 219 g/mol. The molecule has 2 aromatic carbocycles. The monoisotopic (exact) mass is 219 g/mol. The lowest BCUT2D eigenvalue weighted by Gasteiger charge is -1.93. The Morgan fingerprint density at radius 2 is 1.88 bits per heavy atom. The molecule has 0 amide bonds. The van der Waals surface area contributed by atoms with Crippen molar-refractivity contribution in [1.82, 2.24) is 14.0 Å². The molecular formula is C14H9N3. The molecular weight excluding hydrogens is 210 g/mol. The molecule has 0 fully saturated rings. The molecule has 0 aliphatic rings. The van der Waals surface area contributed by atoms with Gasteiger partial charge in [0.15, 0.2) is 0 Å². The van der Waals surface area contributed by atoms with Crippen LogP contribution in [0.3, 0.4) is 0 Å². The number of aromatic nitrogens is 3. The van der Waals surface area contributed by atoms with E-state index in [1.165, 1.54) is 11.0 Å². The molecule has 4 aromatic rings. The van der Waals surface area contributed by atoms with Crippen LogP contribution in [0.15, 0.2) is 36.4 Å². The Balaban J connectivity index is 2.41. The van der Waals surface area contributed by atoms with Gasteiger partial charge in [0.05, 0.1) is 16.6 Å². The van der Waals surface area contributed by atoms with Crippen LogP contribution in [0.4, 0.5) is 0 Å². The van der Waals surface area contributed by atoms with E-state index in [9.17, 15) is 0 Å². The minimum atomic E-state index is 0.865. The van der Waals surface area contributed by atoms with Crippen LogP contribution in [0.1, 0.15) is 0 Å². The van der Waals surface area contributed by atoms with Gasteiger partial charge in [-0.2, -0.15) is 0 Å². The van der Waals surface area contributed by atoms with Crippen LogP contribution in [0.2, 0.25) is 0 Å². The fourth-order valence-corrected chi connectivity index (χ4v) is 2.40. The molecule has 0 bridgehead atoms. The Hall–Kier alpha value is -2.47. The summed E-state index contributed by atoms with van der Waals surface area (Å²) in [7, 11) is 2.03. The van der Waals surface area contributed by atoms with E-state index in [1.54, 1.807) is 0 Å². The Labute approximate surface area is 97.9 Å². The van der Waals surface area contributed by atoms with Crippen molar-refractivity contribution in [2.45, 2.75) is 0 Å². The minimum absolute atomic E-state index is 0.865. The molecule has 2 aromatic heterocycles. The third kappa shape index (κ3) is 0.949. The lowest BCUT2D eigenvalue weighted by atomic mass is 10.3. The quantitative estimate of drug-likeness (QED) is 0.445. The number of imidazole rings is 2. The van der Waals surface area contributed by atoms with Crippen molar-refractivity contribution in [2.75, 3.05) is 0 Å². The van der Waals surface area contributed by atoms with Crippen molar-refractivity contribution >= 4 is 27.8 Å². The van der Waals surface area contributed by atoms with Gasteiger partial charge in [0.25, 0.3) is 0 Å². The highest BCUT2D eigenvalue weighted by molar-refractivity contribution is 5.89. The van der Waals surface area contributed by atoms with E-state index in [2.05, 4.69) is 38.2 Å². The summed E-state index contributed by atoms with van der Waals surface area (Å²) in [5.74, 6) is 0.942. The van der Waals surface area contributed by atoms with Gasteiger partial charge in [-0.15, -0.1) is 0 Å². The first-order valence-corrected chi connectivity index (χ1v) is 5.50. The first-order chi connectivity index (χ1) is 8.36. The molecule has 0 unspecified atom stereocenters. The number of para-hydroxylation sites is 2. The number of nitrogens with zero attached hydrogens (tertiary/aromatic N) is 3. The summed E-state index contributed by atoms with van der Waals surface area (Å²) in [4.78, 5) is 4.59. The van der Waals surface area contributed by atoms with Gasteiger partial charge >= 0.3 is 0 Å². The van der Waals surface area contributed by atoms with E-state index in [1.807, 2.05) is 31.3 Å². The van der Waals surface area contributed by atoms with Crippen molar-refractivity contribution < 1.29 is 0 Å². The van der Waals surface area contributed by atoms with Crippen molar-refractivity contribution in [3.63, 3.8) is 0 Å². The van der Waals surface area contributed by atoms with Crippen molar-refractivity contribution in [1.29, 1.82) is 0 Å². The van der Waals surface area contributed by atoms with Gasteiger partial charge in [0.2, 0.25) is 5.78 Å². The zero-order valence-electron chi connectivity index (χ0n) is 9.31. The fourth-order valence-electron chi connectivity index (χ4n) is 2.40. The number of hydrogen-bond donors (Lipinski definition) is 0. The zero-order chi connectivity index (χ0) is 11.4. The van der Waals surface area contributed by atoms with E-state index in [4.69, 9.17) is 0 Å². The summed E-state index contributed by atoms with van der Waals surface area (Å²) in [6.07, 6.45) is 0. The summed E-state index contributed by atoms with van der Waals surface area (Å²) >= 11 is 0. The van der Waals surface area contributed by atoms with Crippen molar-refractivity contribution in [2.24, 2.45) is 7.05 Å². The first kappa shape index (κ1) is 8.66. The molecule has 0 saturated carbocycles. The van der Waals surface area contributed by atoms with Crippen molar-refractivity contribution in [3.05, 3.63) is 48.5 Å². The maximum Gasteiger partial charge on any atom is 0.216 e. The summed E-state index contributed by atoms with van der Waals surface area (Å²) in [6, 6.07) is 18.2. The summed E-state index contributed by atoms with van der Waals surface area (Å²) in [5.41, 5.74) is 4.30. The lowest BCUT2D eigenvalue weighted by molar-refractivity contribution is 0.973. The van der Waals surface area contributed by atoms with Gasteiger partial charge in [-0.25, -0.2) is 4.98 Å². The number of rotatable bonds is 0. The SMILES string of the molecule is Cn1c2ccccc2n2c3ccc#cc3nc12. The molecule has 0 aliphatic heterocycles. The Kier molecular flexibility index (Phi) is 1.43. The molecule has 17 heavy (non-hydrogen) atoms. The Bertz CT molecular complexity index is 852. The molecule has 0 saturated heterocycles. The standard InChI is InChI=1S/C14H9N3/c1-16-12-8-4-5-9-13(12)17-11-7-3-2-6-10(11)15-14(16)17/h3-5,7-9H,1H3. The van der Waals surface area contributed by atoms with Crippen LogP contribution < -0.4 is 0 Å². The first-order valence-electron chi connectivity index (χ1n) is 5.50. The van der Waals surface area contributed by atoms with Crippen LogP contribution in [0.5, 0.6) is 0 Å². The van der Waals surface area contributed by atoms with E-state index in [0.29, 0.717) is 0 Å². The van der Waals surface area contributed by atoms with E-state index in [-0.39, 0.29) is 0 Å². The summed E-state index contributed by atoms with van der Waals surface area (Å²) in [6.45, 7) is 0. The van der Waals surface area contributed by atoms with Crippen LogP contribution in [0, 0.1) is 12.1 Å². The predicted molar refractivity (Wildman–Crippen MR) is 66.8 cm³/mol. The molecule has 0 N–H and O–H groups in total. The van der Waals surface area contributed by atoms with Gasteiger partial charge < -0.3 is 4.57 Å². The van der Waals surface area contributed by atoms with Crippen LogP contribution in [-0.2, 0) is 7.05 Å². The average Bonchev–Trinajstić information content (AvgIpc) is 2.88. The molecule has 3 heteroatoms. The molecule has 3 nitrogen and oxygen atoms in total. The Morgan fingerprint density at radius 3 is 2.76 bits per heavy atom. The second kappa shape index (κ2) is 2.80. The van der Waals surface area contributed by atoms with Crippen LogP contribution in [0.25, 0.3) is 27.8 Å². The van der Waals surface area contributed by atoms with E-state index < -0.39 is 0 Å². The normalized spacial score (nSPS) is 11.4. The number of fused-ring (bicyclic) bond motifs is 5. The molecule has 2 heterocycles. The zero-order valence-corrected chi connectivity index (χ0v) is 9.31. The lowest BCUT2D eigenvalue weighted by Crippen LogP contribution is -1.87. The second-order valence-electron chi connectivity index (χ2n) is 4.13. The molecule has 80 valence electrons. The van der Waals surface area contributed by atoms with E-state index in [0.717, 1.165) is 16.8 Å². The van der Waals surface area contributed by atoms with Crippen LogP contribution in [-0.4, -0.2) is 14.0 Å². The van der Waals surface area contributed by atoms with Gasteiger partial charge in [0, 0.05) is 7.05 Å². The van der Waals surface area contributed by atoms with Crippen LogP contribution >= 0.6 is 0 Å². The number of hydrogen-bond acceptors (Lipinski definition) is 1. The van der Waals surface area contributed by atoms with Gasteiger partial charge in [-0.1, -0.05) is 18.2 Å². The fraction of sp³-hybridized carbons (Fsp3) is 0.0714. The summed E-state index contributed by atoms with van der Waals surface area (Å²) < 4.78 is 4.26. The maximum absolute atomic E-state index is 4.59.